The average molecular weight is 411 g/mol. The summed E-state index contributed by atoms with van der Waals surface area (Å²) in [6.07, 6.45) is -0.575. The number of carbonyl (C=O) groups is 1. The molecule has 27 heavy (non-hydrogen) atoms. The number of methoxy groups -OCH3 is 1. The van der Waals surface area contributed by atoms with Gasteiger partial charge in [0.1, 0.15) is 16.6 Å². The highest BCUT2D eigenvalue weighted by atomic mass is 35.5. The van der Waals surface area contributed by atoms with E-state index in [1.165, 1.54) is 7.11 Å². The van der Waals surface area contributed by atoms with E-state index in [1.54, 1.807) is 50.2 Å². The Hall–Kier alpha value is -2.09. The summed E-state index contributed by atoms with van der Waals surface area (Å²) >= 11 is 6.08. The molecular weight excluding hydrogens is 392 g/mol. The fraction of sp³-hybridized carbons (Fsp3) is 0.316. The Balaban J connectivity index is 2.15. The number of rotatable bonds is 5. The largest absolute Gasteiger partial charge is 0.481 e. The Morgan fingerprint density at radius 1 is 1.22 bits per heavy atom. The van der Waals surface area contributed by atoms with Gasteiger partial charge >= 0.3 is 5.97 Å². The van der Waals surface area contributed by atoms with Crippen molar-refractivity contribution in [2.45, 2.75) is 29.6 Å². The average Bonchev–Trinajstić information content (AvgIpc) is 2.75. The minimum Gasteiger partial charge on any atom is -0.481 e. The molecular formula is C19H19ClO6S. The maximum absolute atomic E-state index is 13.0. The lowest BCUT2D eigenvalue weighted by molar-refractivity contribution is -0.139. The van der Waals surface area contributed by atoms with Crippen LogP contribution in [-0.4, -0.2) is 38.0 Å². The Bertz CT molecular complexity index is 1010. The molecule has 0 saturated heterocycles. The molecule has 2 aromatic carbocycles. The number of hydrogen-bond donors (Lipinski definition) is 1. The minimum atomic E-state index is -3.62. The number of sulfone groups is 1. The molecule has 0 spiro atoms. The maximum atomic E-state index is 13.0. The van der Waals surface area contributed by atoms with Crippen LogP contribution in [0.25, 0.3) is 11.1 Å². The molecule has 144 valence electrons. The predicted octanol–water partition coefficient (Wildman–Crippen LogP) is 3.72. The smallest absolute Gasteiger partial charge is 0.341 e. The summed E-state index contributed by atoms with van der Waals surface area (Å²) < 4.78 is 35.7. The molecule has 1 aliphatic heterocycles. The maximum Gasteiger partial charge on any atom is 0.341 e. The van der Waals surface area contributed by atoms with Crippen molar-refractivity contribution in [2.75, 3.05) is 13.7 Å². The van der Waals surface area contributed by atoms with E-state index in [-0.39, 0.29) is 4.90 Å². The van der Waals surface area contributed by atoms with E-state index in [1.807, 2.05) is 0 Å². The molecule has 1 atom stereocenters. The van der Waals surface area contributed by atoms with Crippen molar-refractivity contribution in [2.24, 2.45) is 0 Å². The Labute approximate surface area is 162 Å². The number of halogens is 1. The summed E-state index contributed by atoms with van der Waals surface area (Å²) in [4.78, 5) is 11.0. The first-order chi connectivity index (χ1) is 12.6. The molecule has 8 heteroatoms. The van der Waals surface area contributed by atoms with Gasteiger partial charge < -0.3 is 14.6 Å². The van der Waals surface area contributed by atoms with Gasteiger partial charge in [0.25, 0.3) is 0 Å². The quantitative estimate of drug-likeness (QED) is 0.807. The first kappa shape index (κ1) is 19.7. The molecule has 1 heterocycles. The number of fused-ring (bicyclic) bond motifs is 1. The van der Waals surface area contributed by atoms with Crippen LogP contribution in [0.3, 0.4) is 0 Å². The van der Waals surface area contributed by atoms with Crippen LogP contribution >= 0.6 is 11.6 Å². The van der Waals surface area contributed by atoms with Gasteiger partial charge in [-0.1, -0.05) is 23.7 Å². The molecule has 0 bridgehead atoms. The molecule has 1 aliphatic rings. The highest BCUT2D eigenvalue weighted by molar-refractivity contribution is 7.93. The lowest BCUT2D eigenvalue weighted by atomic mass is 9.96. The van der Waals surface area contributed by atoms with Crippen LogP contribution in [-0.2, 0) is 19.4 Å². The second-order valence-electron chi connectivity index (χ2n) is 6.80. The Morgan fingerprint density at radius 2 is 1.93 bits per heavy atom. The standard InChI is InChI=1S/C19H19ClO6S/c1-19(2)18(25-3)13-6-4-11(8-16(13)27(19,23)24)14-9-12(20)5-7-15(14)26-10-17(21)22/h4-9,18H,10H2,1-3H3,(H,21,22). The van der Waals surface area contributed by atoms with Gasteiger partial charge in [0.15, 0.2) is 16.4 Å². The van der Waals surface area contributed by atoms with Crippen LogP contribution in [0.15, 0.2) is 41.3 Å². The normalized spacial score (nSPS) is 19.5. The third-order valence-electron chi connectivity index (χ3n) is 4.75. The Kier molecular flexibility index (Phi) is 4.96. The zero-order valence-electron chi connectivity index (χ0n) is 15.0. The van der Waals surface area contributed by atoms with Gasteiger partial charge in [-0.3, -0.25) is 0 Å². The van der Waals surface area contributed by atoms with Crippen LogP contribution in [0, 0.1) is 0 Å². The SMILES string of the molecule is COC1c2ccc(-c3cc(Cl)ccc3OCC(=O)O)cc2S(=O)(=O)C1(C)C. The topological polar surface area (TPSA) is 89.9 Å². The van der Waals surface area contributed by atoms with E-state index in [2.05, 4.69) is 0 Å². The second kappa shape index (κ2) is 6.82. The Morgan fingerprint density at radius 3 is 2.56 bits per heavy atom. The molecule has 0 aliphatic carbocycles. The first-order valence-corrected chi connectivity index (χ1v) is 10.0. The molecule has 6 nitrogen and oxygen atoms in total. The molecule has 0 aromatic heterocycles. The van der Waals surface area contributed by atoms with Gasteiger partial charge in [-0.15, -0.1) is 0 Å². The van der Waals surface area contributed by atoms with Crippen LogP contribution in [0.4, 0.5) is 0 Å². The first-order valence-electron chi connectivity index (χ1n) is 8.15. The van der Waals surface area contributed by atoms with Gasteiger partial charge in [-0.2, -0.15) is 0 Å². The number of aliphatic carboxylic acids is 1. The number of ether oxygens (including phenoxy) is 2. The summed E-state index contributed by atoms with van der Waals surface area (Å²) in [6.45, 7) is 2.75. The van der Waals surface area contributed by atoms with Gasteiger partial charge in [0.05, 0.1) is 4.90 Å². The van der Waals surface area contributed by atoms with E-state index in [4.69, 9.17) is 26.2 Å². The van der Waals surface area contributed by atoms with Crippen molar-refractivity contribution >= 4 is 27.4 Å². The van der Waals surface area contributed by atoms with Crippen molar-refractivity contribution in [3.63, 3.8) is 0 Å². The van der Waals surface area contributed by atoms with Gasteiger partial charge in [0, 0.05) is 23.3 Å². The van der Waals surface area contributed by atoms with Crippen LogP contribution in [0.1, 0.15) is 25.5 Å². The molecule has 0 radical (unpaired) electrons. The molecule has 0 amide bonds. The highest BCUT2D eigenvalue weighted by Gasteiger charge is 2.52. The zero-order valence-corrected chi connectivity index (χ0v) is 16.6. The summed E-state index contributed by atoms with van der Waals surface area (Å²) in [7, 11) is -2.13. The van der Waals surface area contributed by atoms with Crippen molar-refractivity contribution in [3.05, 3.63) is 47.0 Å². The lowest BCUT2D eigenvalue weighted by Gasteiger charge is -2.24. The van der Waals surface area contributed by atoms with Crippen molar-refractivity contribution < 1.29 is 27.8 Å². The number of carboxylic acid groups (broad SMARTS) is 1. The molecule has 3 rings (SSSR count). The molecule has 1 N–H and O–H groups in total. The summed E-state index contributed by atoms with van der Waals surface area (Å²) in [5.41, 5.74) is 1.68. The number of hydrogen-bond acceptors (Lipinski definition) is 5. The third-order valence-corrected chi connectivity index (χ3v) is 7.52. The summed E-state index contributed by atoms with van der Waals surface area (Å²) in [5.74, 6) is -0.809. The summed E-state index contributed by atoms with van der Waals surface area (Å²) in [5, 5.41) is 9.28. The van der Waals surface area contributed by atoms with Crippen molar-refractivity contribution in [3.8, 4) is 16.9 Å². The van der Waals surface area contributed by atoms with Crippen molar-refractivity contribution in [1.29, 1.82) is 0 Å². The van der Waals surface area contributed by atoms with Gasteiger partial charge in [-0.05, 0) is 43.7 Å². The monoisotopic (exact) mass is 410 g/mol. The van der Waals surface area contributed by atoms with Crippen LogP contribution in [0.2, 0.25) is 5.02 Å². The number of benzene rings is 2. The predicted molar refractivity (Wildman–Crippen MR) is 101 cm³/mol. The second-order valence-corrected chi connectivity index (χ2v) is 9.73. The molecule has 0 saturated carbocycles. The zero-order chi connectivity index (χ0) is 20.0. The fourth-order valence-corrected chi connectivity index (χ4v) is 5.37. The van der Waals surface area contributed by atoms with Crippen molar-refractivity contribution in [1.82, 2.24) is 0 Å². The van der Waals surface area contributed by atoms with E-state index >= 15 is 0 Å². The molecule has 1 unspecified atom stereocenters. The van der Waals surface area contributed by atoms with E-state index < -0.39 is 33.3 Å². The van der Waals surface area contributed by atoms with Crippen LogP contribution in [0.5, 0.6) is 5.75 Å². The minimum absolute atomic E-state index is 0.195. The molecule has 0 fully saturated rings. The van der Waals surface area contributed by atoms with Crippen LogP contribution < -0.4 is 4.74 Å². The van der Waals surface area contributed by atoms with Gasteiger partial charge in [0.2, 0.25) is 0 Å². The van der Waals surface area contributed by atoms with E-state index in [9.17, 15) is 13.2 Å². The number of carboxylic acids is 1. The summed E-state index contributed by atoms with van der Waals surface area (Å²) in [6, 6.07) is 9.78. The highest BCUT2D eigenvalue weighted by Crippen LogP contribution is 2.49. The van der Waals surface area contributed by atoms with E-state index in [0.717, 1.165) is 0 Å². The fourth-order valence-electron chi connectivity index (χ4n) is 3.35. The lowest BCUT2D eigenvalue weighted by Crippen LogP contribution is -2.33. The van der Waals surface area contributed by atoms with Gasteiger partial charge in [-0.25, -0.2) is 13.2 Å². The molecule has 2 aromatic rings. The van der Waals surface area contributed by atoms with E-state index in [0.29, 0.717) is 27.5 Å². The third kappa shape index (κ3) is 3.20.